The average Bonchev–Trinajstić information content (AvgIpc) is 2.47. The van der Waals surface area contributed by atoms with E-state index in [-0.39, 0.29) is 17.8 Å². The lowest BCUT2D eigenvalue weighted by atomic mass is 9.80. The van der Waals surface area contributed by atoms with E-state index in [9.17, 15) is 8.42 Å². The molecule has 2 aliphatic heterocycles. The van der Waals surface area contributed by atoms with Crippen LogP contribution in [-0.2, 0) is 14.9 Å². The number of nitrogens with one attached hydrogen (secondary N) is 2. The van der Waals surface area contributed by atoms with Gasteiger partial charge in [-0.2, -0.15) is 12.7 Å². The van der Waals surface area contributed by atoms with Crippen molar-refractivity contribution in [3.63, 3.8) is 0 Å². The third-order valence-corrected chi connectivity index (χ3v) is 6.38. The maximum atomic E-state index is 12.4. The van der Waals surface area contributed by atoms with Gasteiger partial charge in [0.1, 0.15) is 0 Å². The van der Waals surface area contributed by atoms with Crippen LogP contribution in [0.1, 0.15) is 32.6 Å². The summed E-state index contributed by atoms with van der Waals surface area (Å²) in [6, 6.07) is 0. The first-order valence-electron chi connectivity index (χ1n) is 7.92. The van der Waals surface area contributed by atoms with Crippen molar-refractivity contribution in [2.45, 2.75) is 32.6 Å². The van der Waals surface area contributed by atoms with Gasteiger partial charge < -0.3 is 10.1 Å². The molecule has 8 heteroatoms. The van der Waals surface area contributed by atoms with E-state index in [4.69, 9.17) is 4.74 Å². The number of methoxy groups -OCH3 is 1. The Morgan fingerprint density at radius 2 is 1.86 bits per heavy atom. The molecule has 2 aliphatic rings. The largest absolute Gasteiger partial charge is 0.384 e. The minimum absolute atomic E-state index is 0. The van der Waals surface area contributed by atoms with E-state index in [0.29, 0.717) is 32.2 Å². The van der Waals surface area contributed by atoms with E-state index in [1.54, 1.807) is 11.4 Å². The quantitative estimate of drug-likeness (QED) is 0.745. The molecular weight excluding hydrogens is 326 g/mol. The van der Waals surface area contributed by atoms with Crippen molar-refractivity contribution in [2.75, 3.05) is 46.4 Å². The molecule has 0 aromatic carbocycles. The summed E-state index contributed by atoms with van der Waals surface area (Å²) in [6.07, 6.45) is 3.79. The second-order valence-corrected chi connectivity index (χ2v) is 8.35. The number of nitrogens with zero attached hydrogens (tertiary/aromatic N) is 1. The molecule has 0 bridgehead atoms. The second kappa shape index (κ2) is 8.80. The van der Waals surface area contributed by atoms with Crippen molar-refractivity contribution >= 4 is 22.6 Å². The first kappa shape index (κ1) is 20.1. The van der Waals surface area contributed by atoms with E-state index in [1.807, 2.05) is 0 Å². The number of rotatable bonds is 6. The molecule has 0 amide bonds. The topological polar surface area (TPSA) is 70.7 Å². The normalized spacial score (nSPS) is 23.9. The molecule has 0 atom stereocenters. The highest BCUT2D eigenvalue weighted by atomic mass is 35.5. The maximum absolute atomic E-state index is 12.4. The Labute approximate surface area is 140 Å². The van der Waals surface area contributed by atoms with Gasteiger partial charge in [0.25, 0.3) is 10.2 Å². The predicted molar refractivity (Wildman–Crippen MR) is 90.6 cm³/mol. The summed E-state index contributed by atoms with van der Waals surface area (Å²) in [6.45, 7) is 6.37. The minimum Gasteiger partial charge on any atom is -0.384 e. The van der Waals surface area contributed by atoms with Crippen LogP contribution in [0.25, 0.3) is 0 Å². The molecule has 2 rings (SSSR count). The monoisotopic (exact) mass is 355 g/mol. The van der Waals surface area contributed by atoms with Crippen LogP contribution in [-0.4, -0.2) is 59.2 Å². The van der Waals surface area contributed by atoms with Crippen molar-refractivity contribution in [3.05, 3.63) is 0 Å². The first-order chi connectivity index (χ1) is 9.97. The molecule has 0 spiro atoms. The number of hydrogen-bond acceptors (Lipinski definition) is 4. The Bertz CT molecular complexity index is 414. The highest BCUT2D eigenvalue weighted by Crippen LogP contribution is 2.29. The zero-order chi connectivity index (χ0) is 15.3. The van der Waals surface area contributed by atoms with E-state index < -0.39 is 10.2 Å². The lowest BCUT2D eigenvalue weighted by Gasteiger charge is -2.38. The molecule has 2 saturated heterocycles. The summed E-state index contributed by atoms with van der Waals surface area (Å²) in [5.74, 6) is 0.626. The number of piperidine rings is 2. The number of halogens is 1. The molecule has 0 aromatic heterocycles. The van der Waals surface area contributed by atoms with Crippen molar-refractivity contribution in [3.8, 4) is 0 Å². The molecule has 0 saturated carbocycles. The third kappa shape index (κ3) is 5.32. The predicted octanol–water partition coefficient (Wildman–Crippen LogP) is 0.991. The van der Waals surface area contributed by atoms with Crippen molar-refractivity contribution in [2.24, 2.45) is 11.3 Å². The van der Waals surface area contributed by atoms with Gasteiger partial charge in [0.15, 0.2) is 0 Å². The molecule has 2 N–H and O–H groups in total. The van der Waals surface area contributed by atoms with Crippen LogP contribution in [0.15, 0.2) is 0 Å². The Balaban J connectivity index is 0.00000242. The molecular formula is C14H30ClN3O3S. The van der Waals surface area contributed by atoms with Crippen molar-refractivity contribution < 1.29 is 13.2 Å². The number of ether oxygens (including phenoxy) is 1. The molecule has 22 heavy (non-hydrogen) atoms. The summed E-state index contributed by atoms with van der Waals surface area (Å²) in [7, 11) is -1.67. The second-order valence-electron chi connectivity index (χ2n) is 6.59. The van der Waals surface area contributed by atoms with E-state index >= 15 is 0 Å². The summed E-state index contributed by atoms with van der Waals surface area (Å²) in [4.78, 5) is 0. The molecule has 0 aliphatic carbocycles. The highest BCUT2D eigenvalue weighted by molar-refractivity contribution is 7.87. The maximum Gasteiger partial charge on any atom is 0.279 e. The van der Waals surface area contributed by atoms with Crippen LogP contribution in [0.5, 0.6) is 0 Å². The van der Waals surface area contributed by atoms with E-state index in [1.165, 1.54) is 0 Å². The molecule has 0 unspecified atom stereocenters. The first-order valence-corrected chi connectivity index (χ1v) is 9.36. The highest BCUT2D eigenvalue weighted by Gasteiger charge is 2.35. The van der Waals surface area contributed by atoms with Crippen LogP contribution in [0.4, 0.5) is 0 Å². The fourth-order valence-corrected chi connectivity index (χ4v) is 4.56. The molecule has 2 heterocycles. The van der Waals surface area contributed by atoms with Crippen LogP contribution in [0, 0.1) is 11.3 Å². The molecule has 6 nitrogen and oxygen atoms in total. The van der Waals surface area contributed by atoms with E-state index in [0.717, 1.165) is 38.8 Å². The van der Waals surface area contributed by atoms with Crippen LogP contribution < -0.4 is 10.0 Å². The summed E-state index contributed by atoms with van der Waals surface area (Å²) < 4.78 is 34.6. The fraction of sp³-hybridized carbons (Fsp3) is 1.00. The zero-order valence-electron chi connectivity index (χ0n) is 13.6. The Morgan fingerprint density at radius 1 is 1.27 bits per heavy atom. The van der Waals surface area contributed by atoms with Crippen LogP contribution >= 0.6 is 12.4 Å². The Kier molecular flexibility index (Phi) is 8.05. The van der Waals surface area contributed by atoms with Gasteiger partial charge in [-0.25, -0.2) is 4.72 Å². The van der Waals surface area contributed by atoms with Crippen molar-refractivity contribution in [1.82, 2.24) is 14.3 Å². The molecule has 0 radical (unpaired) electrons. The van der Waals surface area contributed by atoms with Gasteiger partial charge in [-0.15, -0.1) is 12.4 Å². The minimum atomic E-state index is -3.36. The van der Waals surface area contributed by atoms with Gasteiger partial charge in [0, 0.05) is 32.2 Å². The van der Waals surface area contributed by atoms with E-state index in [2.05, 4.69) is 17.0 Å². The smallest absolute Gasteiger partial charge is 0.279 e. The lowest BCUT2D eigenvalue weighted by Crippen LogP contribution is -2.51. The number of hydrogen-bond donors (Lipinski definition) is 2. The Morgan fingerprint density at radius 3 is 2.41 bits per heavy atom. The van der Waals surface area contributed by atoms with Crippen molar-refractivity contribution in [1.29, 1.82) is 0 Å². The van der Waals surface area contributed by atoms with Gasteiger partial charge in [-0.05, 0) is 44.7 Å². The lowest BCUT2D eigenvalue weighted by molar-refractivity contribution is 0.0573. The van der Waals surface area contributed by atoms with Crippen LogP contribution in [0.3, 0.4) is 0 Å². The fourth-order valence-electron chi connectivity index (χ4n) is 3.20. The van der Waals surface area contributed by atoms with Crippen LogP contribution in [0.2, 0.25) is 0 Å². The van der Waals surface area contributed by atoms with Gasteiger partial charge in [-0.3, -0.25) is 0 Å². The summed E-state index contributed by atoms with van der Waals surface area (Å²) in [5, 5.41) is 3.32. The molecule has 0 aromatic rings. The standard InChI is InChI=1S/C14H29N3O3S.ClH/c1-13-3-9-17(10-4-13)21(18,19)16-11-14(12-20-2)5-7-15-8-6-14;/h13,15-16H,3-12H2,1-2H3;1H. The molecule has 2 fully saturated rings. The average molecular weight is 356 g/mol. The molecule has 132 valence electrons. The van der Waals surface area contributed by atoms with Gasteiger partial charge >= 0.3 is 0 Å². The third-order valence-electron chi connectivity index (χ3n) is 4.83. The zero-order valence-corrected chi connectivity index (χ0v) is 15.3. The summed E-state index contributed by atoms with van der Waals surface area (Å²) >= 11 is 0. The SMILES string of the molecule is COCC1(CNS(=O)(=O)N2CCC(C)CC2)CCNCC1.Cl. The van der Waals surface area contributed by atoms with Gasteiger partial charge in [0.2, 0.25) is 0 Å². The Hall–Kier alpha value is 0.0800. The van der Waals surface area contributed by atoms with Gasteiger partial charge in [0.05, 0.1) is 6.61 Å². The summed E-state index contributed by atoms with van der Waals surface area (Å²) in [5.41, 5.74) is -0.0733. The van der Waals surface area contributed by atoms with Gasteiger partial charge in [-0.1, -0.05) is 6.92 Å².